The molecule has 1 aromatic carbocycles. The lowest BCUT2D eigenvalue weighted by Crippen LogP contribution is -1.91. The van der Waals surface area contributed by atoms with Crippen molar-refractivity contribution in [3.63, 3.8) is 0 Å². The van der Waals surface area contributed by atoms with Gasteiger partial charge in [0.15, 0.2) is 0 Å². The summed E-state index contributed by atoms with van der Waals surface area (Å²) in [6.07, 6.45) is 3.55. The van der Waals surface area contributed by atoms with Crippen molar-refractivity contribution in [1.82, 2.24) is 5.32 Å². The molecule has 0 aromatic heterocycles. The molecule has 0 atom stereocenters. The number of rotatable bonds is 5. The normalized spacial score (nSPS) is 8.78. The van der Waals surface area contributed by atoms with E-state index in [9.17, 15) is 0 Å². The molecule has 0 saturated heterocycles. The van der Waals surface area contributed by atoms with Crippen LogP contribution in [0.2, 0.25) is 0 Å². The summed E-state index contributed by atoms with van der Waals surface area (Å²) in [5.74, 6) is 0. The number of ether oxygens (including phenoxy) is 1. The molecule has 0 heterocycles. The predicted molar refractivity (Wildman–Crippen MR) is 82.3 cm³/mol. The van der Waals surface area contributed by atoms with Crippen LogP contribution in [-0.4, -0.2) is 27.8 Å². The molecule has 2 nitrogen and oxygen atoms in total. The second-order valence-corrected chi connectivity index (χ2v) is 3.94. The quantitative estimate of drug-likeness (QED) is 0.805. The summed E-state index contributed by atoms with van der Waals surface area (Å²) in [4.78, 5) is 0. The van der Waals surface area contributed by atoms with Crippen LogP contribution in [0.4, 0.5) is 0 Å². The second-order valence-electron chi connectivity index (χ2n) is 3.94. The Bertz CT molecular complexity index is 244. The van der Waals surface area contributed by atoms with Gasteiger partial charge in [0.1, 0.15) is 0 Å². The monoisotopic (exact) mass is 253 g/mol. The molecular formula is C16H31NO. The molecule has 1 aromatic rings. The van der Waals surface area contributed by atoms with Crippen LogP contribution in [-0.2, 0) is 11.2 Å². The Labute approximate surface area is 114 Å². The van der Waals surface area contributed by atoms with Crippen molar-refractivity contribution in [2.75, 3.05) is 27.8 Å². The molecule has 0 spiro atoms. The maximum absolute atomic E-state index is 5.00. The molecule has 0 aliphatic heterocycles. The third-order valence-electron chi connectivity index (χ3n) is 2.18. The number of nitrogens with one attached hydrogen (secondary N) is 1. The van der Waals surface area contributed by atoms with Crippen molar-refractivity contribution in [3.05, 3.63) is 35.4 Å². The zero-order valence-corrected chi connectivity index (χ0v) is 13.0. The molecule has 0 bridgehead atoms. The molecule has 0 saturated carbocycles. The van der Waals surface area contributed by atoms with E-state index in [0.29, 0.717) is 0 Å². The average molecular weight is 253 g/mol. The topological polar surface area (TPSA) is 21.3 Å². The minimum atomic E-state index is 0.881. The average Bonchev–Trinajstić information content (AvgIpc) is 2.40. The van der Waals surface area contributed by atoms with Gasteiger partial charge in [-0.2, -0.15) is 0 Å². The number of unbranched alkanes of at least 4 members (excludes halogenated alkanes) is 1. The van der Waals surface area contributed by atoms with Crippen LogP contribution in [0.1, 0.15) is 37.8 Å². The van der Waals surface area contributed by atoms with Gasteiger partial charge >= 0.3 is 0 Å². The lowest BCUT2D eigenvalue weighted by molar-refractivity contribution is 0.193. The Morgan fingerprint density at radius 1 is 1.00 bits per heavy atom. The van der Waals surface area contributed by atoms with Crippen molar-refractivity contribution in [3.8, 4) is 0 Å². The first-order chi connectivity index (χ1) is 8.74. The molecule has 1 rings (SSSR count). The van der Waals surface area contributed by atoms with E-state index in [1.165, 1.54) is 24.0 Å². The molecule has 0 amide bonds. The maximum Gasteiger partial charge on any atom is 0.0462 e. The van der Waals surface area contributed by atoms with Gasteiger partial charge in [-0.3, -0.25) is 0 Å². The van der Waals surface area contributed by atoms with E-state index >= 15 is 0 Å². The molecule has 18 heavy (non-hydrogen) atoms. The highest BCUT2D eigenvalue weighted by atomic mass is 16.5. The Hall–Kier alpha value is -0.860. The summed E-state index contributed by atoms with van der Waals surface area (Å²) in [6, 6.07) is 8.77. The summed E-state index contributed by atoms with van der Waals surface area (Å²) in [5.41, 5.74) is 2.77. The van der Waals surface area contributed by atoms with Gasteiger partial charge in [0.25, 0.3) is 0 Å². The van der Waals surface area contributed by atoms with Gasteiger partial charge in [-0.15, -0.1) is 0 Å². The van der Waals surface area contributed by atoms with E-state index in [0.717, 1.165) is 13.0 Å². The first-order valence-electron chi connectivity index (χ1n) is 6.87. The lowest BCUT2D eigenvalue weighted by Gasteiger charge is -2.01. The van der Waals surface area contributed by atoms with Gasteiger partial charge in [0.2, 0.25) is 0 Å². The van der Waals surface area contributed by atoms with E-state index < -0.39 is 0 Å². The zero-order valence-electron chi connectivity index (χ0n) is 13.0. The number of hydrogen-bond acceptors (Lipinski definition) is 2. The maximum atomic E-state index is 5.00. The first kappa shape index (κ1) is 19.5. The number of methoxy groups -OCH3 is 1. The predicted octanol–water partition coefficient (Wildman–Crippen LogP) is 3.83. The summed E-state index contributed by atoms with van der Waals surface area (Å²) in [7, 11) is 5.51. The third kappa shape index (κ3) is 13.2. The zero-order chi connectivity index (χ0) is 14.2. The summed E-state index contributed by atoms with van der Waals surface area (Å²) in [5, 5.41) is 2.75. The fourth-order valence-corrected chi connectivity index (χ4v) is 1.33. The molecule has 0 radical (unpaired) electrons. The molecular weight excluding hydrogens is 222 g/mol. The van der Waals surface area contributed by atoms with Gasteiger partial charge in [0, 0.05) is 13.7 Å². The van der Waals surface area contributed by atoms with E-state index in [1.54, 1.807) is 7.11 Å². The van der Waals surface area contributed by atoms with E-state index in [-0.39, 0.29) is 0 Å². The molecule has 0 unspecified atom stereocenters. The number of hydrogen-bond donors (Lipinski definition) is 1. The van der Waals surface area contributed by atoms with Crippen molar-refractivity contribution in [2.45, 2.75) is 40.0 Å². The molecule has 2 heteroatoms. The van der Waals surface area contributed by atoms with Crippen molar-refractivity contribution >= 4 is 0 Å². The number of aryl methyl sites for hydroxylation is 2. The number of benzene rings is 1. The molecule has 0 aliphatic carbocycles. The first-order valence-corrected chi connectivity index (χ1v) is 6.87. The molecule has 1 N–H and O–H groups in total. The SMILES string of the molecule is CC.CNC.COCCCCc1ccc(C)cc1. The summed E-state index contributed by atoms with van der Waals surface area (Å²) in [6.45, 7) is 7.00. The minimum Gasteiger partial charge on any atom is -0.385 e. The molecule has 0 fully saturated rings. The third-order valence-corrected chi connectivity index (χ3v) is 2.18. The fraction of sp³-hybridized carbons (Fsp3) is 0.625. The summed E-state index contributed by atoms with van der Waals surface area (Å²) < 4.78 is 5.00. The standard InChI is InChI=1S/C12H18O.C2H7N.C2H6/c1-11-6-8-12(9-7-11)5-3-4-10-13-2;1-3-2;1-2/h6-9H,3-5,10H2,1-2H3;3H,1-2H3;1-2H3. The lowest BCUT2D eigenvalue weighted by atomic mass is 10.1. The van der Waals surface area contributed by atoms with Crippen molar-refractivity contribution < 1.29 is 4.74 Å². The Kier molecular flexibility index (Phi) is 17.5. The Balaban J connectivity index is 0. The van der Waals surface area contributed by atoms with Crippen LogP contribution in [0.3, 0.4) is 0 Å². The van der Waals surface area contributed by atoms with E-state index in [2.05, 4.69) is 36.5 Å². The Morgan fingerprint density at radius 2 is 1.50 bits per heavy atom. The van der Waals surface area contributed by atoms with Gasteiger partial charge in [-0.05, 0) is 45.8 Å². The highest BCUT2D eigenvalue weighted by molar-refractivity contribution is 5.21. The van der Waals surface area contributed by atoms with Crippen LogP contribution in [0.25, 0.3) is 0 Å². The van der Waals surface area contributed by atoms with Gasteiger partial charge in [0.05, 0.1) is 0 Å². The van der Waals surface area contributed by atoms with Crippen LogP contribution in [0.5, 0.6) is 0 Å². The van der Waals surface area contributed by atoms with Crippen LogP contribution >= 0.6 is 0 Å². The molecule has 0 aliphatic rings. The smallest absolute Gasteiger partial charge is 0.0462 e. The van der Waals surface area contributed by atoms with Gasteiger partial charge in [-0.25, -0.2) is 0 Å². The van der Waals surface area contributed by atoms with E-state index in [4.69, 9.17) is 4.74 Å². The second kappa shape index (κ2) is 16.1. The van der Waals surface area contributed by atoms with Gasteiger partial charge in [-0.1, -0.05) is 43.7 Å². The van der Waals surface area contributed by atoms with Crippen molar-refractivity contribution in [2.24, 2.45) is 0 Å². The largest absolute Gasteiger partial charge is 0.385 e. The van der Waals surface area contributed by atoms with Crippen LogP contribution in [0, 0.1) is 6.92 Å². The van der Waals surface area contributed by atoms with Gasteiger partial charge < -0.3 is 10.1 Å². The van der Waals surface area contributed by atoms with Crippen molar-refractivity contribution in [1.29, 1.82) is 0 Å². The van der Waals surface area contributed by atoms with Crippen LogP contribution in [0.15, 0.2) is 24.3 Å². The highest BCUT2D eigenvalue weighted by Gasteiger charge is 1.92. The highest BCUT2D eigenvalue weighted by Crippen LogP contribution is 2.06. The fourth-order valence-electron chi connectivity index (χ4n) is 1.33. The van der Waals surface area contributed by atoms with E-state index in [1.807, 2.05) is 27.9 Å². The Morgan fingerprint density at radius 3 is 1.94 bits per heavy atom. The summed E-state index contributed by atoms with van der Waals surface area (Å²) >= 11 is 0. The minimum absolute atomic E-state index is 0.881. The van der Waals surface area contributed by atoms with Crippen LogP contribution < -0.4 is 5.32 Å². The molecule has 106 valence electrons.